The van der Waals surface area contributed by atoms with E-state index < -0.39 is 0 Å². The molecule has 0 radical (unpaired) electrons. The predicted octanol–water partition coefficient (Wildman–Crippen LogP) is 8.22. The van der Waals surface area contributed by atoms with Crippen molar-refractivity contribution in [2.45, 2.75) is 149 Å². The summed E-state index contributed by atoms with van der Waals surface area (Å²) < 4.78 is 5.04. The molecule has 0 saturated heterocycles. The Morgan fingerprint density at radius 3 is 1.44 bits per heavy atom. The van der Waals surface area contributed by atoms with Crippen LogP contribution in [0.4, 0.5) is 0 Å². The Morgan fingerprint density at radius 2 is 1.00 bits per heavy atom. The van der Waals surface area contributed by atoms with Crippen LogP contribution in [0.5, 0.6) is 0 Å². The first kappa shape index (κ1) is 31.1. The molecule has 0 fully saturated rings. The van der Waals surface area contributed by atoms with E-state index in [-0.39, 0.29) is 11.8 Å². The van der Waals surface area contributed by atoms with Gasteiger partial charge in [0.2, 0.25) is 11.8 Å². The molecule has 4 heteroatoms. The number of carbonyl (C=O) groups is 2. The van der Waals surface area contributed by atoms with Gasteiger partial charge in [0.05, 0.1) is 0 Å². The normalized spacial score (nSPS) is 11.1. The molecule has 32 heavy (non-hydrogen) atoms. The lowest BCUT2D eigenvalue weighted by Gasteiger charge is -2.19. The zero-order chi connectivity index (χ0) is 23.7. The molecule has 4 nitrogen and oxygen atoms in total. The van der Waals surface area contributed by atoms with Crippen LogP contribution in [0.2, 0.25) is 0 Å². The second-order valence-electron chi connectivity index (χ2n) is 9.52. The first-order valence-corrected chi connectivity index (χ1v) is 13.9. The van der Waals surface area contributed by atoms with Crippen molar-refractivity contribution >= 4 is 11.8 Å². The Kier molecular flexibility index (Phi) is 24.0. The molecule has 0 aliphatic heterocycles. The van der Waals surface area contributed by atoms with Gasteiger partial charge in [-0.3, -0.25) is 14.5 Å². The SMILES string of the molecule is CCCCCCCCCCCCCCCCCCN(C(C)=O)C(=O)CCCCCCOC. The van der Waals surface area contributed by atoms with E-state index in [9.17, 15) is 9.59 Å². The zero-order valence-electron chi connectivity index (χ0n) is 21.9. The van der Waals surface area contributed by atoms with E-state index in [2.05, 4.69) is 6.92 Å². The van der Waals surface area contributed by atoms with Crippen LogP contribution >= 0.6 is 0 Å². The molecule has 0 bridgehead atoms. The van der Waals surface area contributed by atoms with Gasteiger partial charge in [0.25, 0.3) is 0 Å². The molecule has 0 spiro atoms. The first-order valence-electron chi connectivity index (χ1n) is 13.9. The summed E-state index contributed by atoms with van der Waals surface area (Å²) in [5.74, 6) is -0.0967. The molecule has 0 rings (SSSR count). The number of unbranched alkanes of at least 4 members (excludes halogenated alkanes) is 18. The van der Waals surface area contributed by atoms with Gasteiger partial charge in [-0.2, -0.15) is 0 Å². The van der Waals surface area contributed by atoms with Gasteiger partial charge in [0.15, 0.2) is 0 Å². The fourth-order valence-electron chi connectivity index (χ4n) is 4.29. The number of imide groups is 1. The van der Waals surface area contributed by atoms with Crippen molar-refractivity contribution in [3.8, 4) is 0 Å². The maximum absolute atomic E-state index is 12.3. The minimum absolute atomic E-state index is 0.00482. The molecule has 0 atom stereocenters. The van der Waals surface area contributed by atoms with E-state index in [1.165, 1.54) is 102 Å². The lowest BCUT2D eigenvalue weighted by molar-refractivity contribution is -0.143. The Morgan fingerprint density at radius 1 is 0.594 bits per heavy atom. The van der Waals surface area contributed by atoms with Crippen LogP contribution in [0, 0.1) is 0 Å². The second-order valence-corrected chi connectivity index (χ2v) is 9.52. The van der Waals surface area contributed by atoms with E-state index in [0.717, 1.165) is 45.1 Å². The van der Waals surface area contributed by atoms with E-state index in [1.807, 2.05) is 0 Å². The Labute approximate surface area is 200 Å². The number of amides is 2. The van der Waals surface area contributed by atoms with Gasteiger partial charge in [-0.15, -0.1) is 0 Å². The summed E-state index contributed by atoms with van der Waals surface area (Å²) in [6, 6.07) is 0. The highest BCUT2D eigenvalue weighted by atomic mass is 16.5. The first-order chi connectivity index (χ1) is 15.6. The van der Waals surface area contributed by atoms with E-state index in [4.69, 9.17) is 4.74 Å². The number of rotatable bonds is 24. The van der Waals surface area contributed by atoms with Crippen molar-refractivity contribution in [1.29, 1.82) is 0 Å². The van der Waals surface area contributed by atoms with Crippen molar-refractivity contribution in [3.05, 3.63) is 0 Å². The van der Waals surface area contributed by atoms with Crippen LogP contribution in [0.15, 0.2) is 0 Å². The van der Waals surface area contributed by atoms with Crippen LogP contribution in [-0.4, -0.2) is 37.0 Å². The van der Waals surface area contributed by atoms with Gasteiger partial charge in [-0.1, -0.05) is 116 Å². The summed E-state index contributed by atoms with van der Waals surface area (Å²) in [4.78, 5) is 25.7. The van der Waals surface area contributed by atoms with Gasteiger partial charge >= 0.3 is 0 Å². The standard InChI is InChI=1S/C28H55NO3/c1-4-5-6-7-8-9-10-11-12-13-14-15-16-17-19-22-25-29(27(2)30)28(31)24-21-18-20-23-26-32-3/h4-26H2,1-3H3. The molecule has 2 amide bonds. The van der Waals surface area contributed by atoms with Crippen molar-refractivity contribution in [1.82, 2.24) is 4.90 Å². The van der Waals surface area contributed by atoms with Crippen LogP contribution in [0.1, 0.15) is 149 Å². The van der Waals surface area contributed by atoms with E-state index >= 15 is 0 Å². The summed E-state index contributed by atoms with van der Waals surface area (Å²) in [5, 5.41) is 0. The van der Waals surface area contributed by atoms with E-state index in [1.54, 1.807) is 7.11 Å². The third-order valence-electron chi connectivity index (χ3n) is 6.41. The smallest absolute Gasteiger partial charge is 0.229 e. The Balaban J connectivity index is 3.51. The molecule has 0 aromatic heterocycles. The number of hydrogen-bond acceptors (Lipinski definition) is 3. The minimum Gasteiger partial charge on any atom is -0.385 e. The molecular weight excluding hydrogens is 398 g/mol. The molecule has 0 aliphatic rings. The molecule has 0 heterocycles. The largest absolute Gasteiger partial charge is 0.385 e. The molecule has 0 unspecified atom stereocenters. The molecular formula is C28H55NO3. The molecule has 190 valence electrons. The topological polar surface area (TPSA) is 46.6 Å². The van der Waals surface area contributed by atoms with Gasteiger partial charge in [0.1, 0.15) is 0 Å². The van der Waals surface area contributed by atoms with Gasteiger partial charge in [-0.05, 0) is 19.3 Å². The lowest BCUT2D eigenvalue weighted by atomic mass is 10.0. The summed E-state index contributed by atoms with van der Waals surface area (Å²) in [7, 11) is 1.72. The van der Waals surface area contributed by atoms with Crippen LogP contribution in [0.25, 0.3) is 0 Å². The average Bonchev–Trinajstić information content (AvgIpc) is 2.78. The monoisotopic (exact) mass is 453 g/mol. The molecule has 0 N–H and O–H groups in total. The number of carbonyl (C=O) groups excluding carboxylic acids is 2. The number of methoxy groups -OCH3 is 1. The summed E-state index contributed by atoms with van der Waals surface area (Å²) in [6.45, 7) is 5.17. The quantitative estimate of drug-likeness (QED) is 0.138. The highest BCUT2D eigenvalue weighted by Gasteiger charge is 2.16. The third-order valence-corrected chi connectivity index (χ3v) is 6.41. The van der Waals surface area contributed by atoms with Crippen LogP contribution in [-0.2, 0) is 14.3 Å². The van der Waals surface area contributed by atoms with Crippen LogP contribution < -0.4 is 0 Å². The molecule has 0 aromatic carbocycles. The Hall–Kier alpha value is -0.900. The summed E-state index contributed by atoms with van der Waals surface area (Å²) >= 11 is 0. The van der Waals surface area contributed by atoms with Crippen LogP contribution in [0.3, 0.4) is 0 Å². The van der Waals surface area contributed by atoms with Crippen molar-refractivity contribution in [2.75, 3.05) is 20.3 Å². The zero-order valence-corrected chi connectivity index (χ0v) is 21.9. The maximum Gasteiger partial charge on any atom is 0.229 e. The maximum atomic E-state index is 12.3. The number of nitrogens with zero attached hydrogens (tertiary/aromatic N) is 1. The summed E-state index contributed by atoms with van der Waals surface area (Å²) in [5.41, 5.74) is 0. The Bertz CT molecular complexity index is 425. The fraction of sp³-hybridized carbons (Fsp3) is 0.929. The van der Waals surface area contributed by atoms with E-state index in [0.29, 0.717) is 13.0 Å². The van der Waals surface area contributed by atoms with Gasteiger partial charge < -0.3 is 4.74 Å². The lowest BCUT2D eigenvalue weighted by Crippen LogP contribution is -2.35. The highest BCUT2D eigenvalue weighted by Crippen LogP contribution is 2.14. The van der Waals surface area contributed by atoms with Gasteiger partial charge in [-0.25, -0.2) is 0 Å². The number of hydrogen-bond donors (Lipinski definition) is 0. The fourth-order valence-corrected chi connectivity index (χ4v) is 4.29. The number of ether oxygens (including phenoxy) is 1. The van der Waals surface area contributed by atoms with Crippen molar-refractivity contribution in [2.24, 2.45) is 0 Å². The molecule has 0 aliphatic carbocycles. The third kappa shape index (κ3) is 21.0. The molecule has 0 aromatic rings. The van der Waals surface area contributed by atoms with Gasteiger partial charge in [0, 0.05) is 33.6 Å². The van der Waals surface area contributed by atoms with Crippen molar-refractivity contribution < 1.29 is 14.3 Å². The minimum atomic E-state index is -0.102. The summed E-state index contributed by atoms with van der Waals surface area (Å²) in [6.07, 6.45) is 25.8. The predicted molar refractivity (Wildman–Crippen MR) is 137 cm³/mol. The average molecular weight is 454 g/mol. The molecule has 0 saturated carbocycles. The van der Waals surface area contributed by atoms with Crippen molar-refractivity contribution in [3.63, 3.8) is 0 Å². The second kappa shape index (κ2) is 24.7. The highest BCUT2D eigenvalue weighted by molar-refractivity contribution is 5.94.